The van der Waals surface area contributed by atoms with Gasteiger partial charge in [0.25, 0.3) is 0 Å². The lowest BCUT2D eigenvalue weighted by molar-refractivity contribution is -0.133. The van der Waals surface area contributed by atoms with Crippen LogP contribution in [0.1, 0.15) is 32.6 Å². The molecule has 0 spiro atoms. The zero-order chi connectivity index (χ0) is 18.4. The van der Waals surface area contributed by atoms with Gasteiger partial charge in [-0.1, -0.05) is 12.1 Å². The number of carbonyl (C=O) groups excluding carboxylic acids is 3. The summed E-state index contributed by atoms with van der Waals surface area (Å²) < 4.78 is 0. The number of carbonyl (C=O) groups is 3. The van der Waals surface area contributed by atoms with Gasteiger partial charge < -0.3 is 15.5 Å². The van der Waals surface area contributed by atoms with Crippen LogP contribution in [0.25, 0.3) is 0 Å². The number of nitrogens with zero attached hydrogens (tertiary/aromatic N) is 1. The van der Waals surface area contributed by atoms with E-state index in [1.54, 1.807) is 18.8 Å². The molecule has 0 aliphatic carbocycles. The van der Waals surface area contributed by atoms with Crippen LogP contribution in [0.3, 0.4) is 0 Å². The number of likely N-dealkylation sites (N-methyl/N-ethyl adjacent to an activating group) is 1. The highest BCUT2D eigenvalue weighted by Gasteiger charge is 2.33. The number of thioether (sulfide) groups is 1. The molecule has 1 atom stereocenters. The molecule has 1 aromatic carbocycles. The first-order chi connectivity index (χ1) is 11.8. The first kappa shape index (κ1) is 19.3. The standard InChI is InChI=1S/C18H25N3O3S/c1-18(10-8-15(22)20-18)11-9-17(24)21(2)12-16(23)19-13-6-4-5-7-14(13)25-3/h4-7H,8-12H2,1-3H3,(H,19,23)(H,20,22)/t18-/m1/s1. The second-order valence-corrected chi connectivity index (χ2v) is 7.46. The van der Waals surface area contributed by atoms with Crippen molar-refractivity contribution in [3.05, 3.63) is 24.3 Å². The molecule has 3 amide bonds. The van der Waals surface area contributed by atoms with Crippen molar-refractivity contribution in [3.63, 3.8) is 0 Å². The Morgan fingerprint density at radius 2 is 2.08 bits per heavy atom. The van der Waals surface area contributed by atoms with E-state index in [9.17, 15) is 14.4 Å². The lowest BCUT2D eigenvalue weighted by Gasteiger charge is -2.25. The second kappa shape index (κ2) is 8.38. The van der Waals surface area contributed by atoms with Crippen LogP contribution in [0.2, 0.25) is 0 Å². The Bertz CT molecular complexity index is 665. The molecule has 1 heterocycles. The molecule has 6 nitrogen and oxygen atoms in total. The van der Waals surface area contributed by atoms with Gasteiger partial charge >= 0.3 is 0 Å². The SMILES string of the molecule is CSc1ccccc1NC(=O)CN(C)C(=O)CC[C@@]1(C)CCC(=O)N1. The van der Waals surface area contributed by atoms with Crippen molar-refractivity contribution in [1.82, 2.24) is 10.2 Å². The molecular weight excluding hydrogens is 338 g/mol. The highest BCUT2D eigenvalue weighted by Crippen LogP contribution is 2.25. The minimum absolute atomic E-state index is 0.00459. The molecule has 2 rings (SSSR count). The van der Waals surface area contributed by atoms with Crippen LogP contribution >= 0.6 is 11.8 Å². The number of amides is 3. The van der Waals surface area contributed by atoms with Crippen molar-refractivity contribution >= 4 is 35.2 Å². The fourth-order valence-corrected chi connectivity index (χ4v) is 3.41. The van der Waals surface area contributed by atoms with Crippen LogP contribution in [0.4, 0.5) is 5.69 Å². The topological polar surface area (TPSA) is 78.5 Å². The number of benzene rings is 1. The average molecular weight is 363 g/mol. The van der Waals surface area contributed by atoms with Crippen LogP contribution in [0.15, 0.2) is 29.2 Å². The zero-order valence-electron chi connectivity index (χ0n) is 14.9. The van der Waals surface area contributed by atoms with Gasteiger partial charge in [0, 0.05) is 30.3 Å². The van der Waals surface area contributed by atoms with E-state index >= 15 is 0 Å². The van der Waals surface area contributed by atoms with Gasteiger partial charge in [-0.05, 0) is 38.2 Å². The number of rotatable bonds is 7. The number of nitrogens with one attached hydrogen (secondary N) is 2. The maximum atomic E-state index is 12.3. The molecule has 1 aliphatic rings. The third kappa shape index (κ3) is 5.49. The van der Waals surface area contributed by atoms with Crippen LogP contribution in [0.5, 0.6) is 0 Å². The highest BCUT2D eigenvalue weighted by atomic mass is 32.2. The first-order valence-corrected chi connectivity index (χ1v) is 9.53. The van der Waals surface area contributed by atoms with Gasteiger partial charge in [0.15, 0.2) is 0 Å². The summed E-state index contributed by atoms with van der Waals surface area (Å²) in [4.78, 5) is 38.2. The Labute approximate surface area is 152 Å². The molecule has 0 aromatic heterocycles. The van der Waals surface area contributed by atoms with E-state index in [4.69, 9.17) is 0 Å². The van der Waals surface area contributed by atoms with Crippen molar-refractivity contribution < 1.29 is 14.4 Å². The van der Waals surface area contributed by atoms with Crippen LogP contribution in [-0.4, -0.2) is 48.0 Å². The van der Waals surface area contributed by atoms with E-state index in [1.165, 1.54) is 4.90 Å². The summed E-state index contributed by atoms with van der Waals surface area (Å²) >= 11 is 1.55. The third-order valence-electron chi connectivity index (χ3n) is 4.42. The molecule has 1 saturated heterocycles. The lowest BCUT2D eigenvalue weighted by Crippen LogP contribution is -2.40. The highest BCUT2D eigenvalue weighted by molar-refractivity contribution is 7.98. The van der Waals surface area contributed by atoms with Crippen LogP contribution in [0, 0.1) is 0 Å². The molecule has 25 heavy (non-hydrogen) atoms. The predicted octanol–water partition coefficient (Wildman–Crippen LogP) is 2.25. The summed E-state index contributed by atoms with van der Waals surface area (Å²) in [5.41, 5.74) is 0.440. The largest absolute Gasteiger partial charge is 0.351 e. The molecule has 0 bridgehead atoms. The predicted molar refractivity (Wildman–Crippen MR) is 99.5 cm³/mol. The molecule has 1 fully saturated rings. The van der Waals surface area contributed by atoms with E-state index in [2.05, 4.69) is 10.6 Å². The average Bonchev–Trinajstić information content (AvgIpc) is 2.92. The number of anilines is 1. The minimum atomic E-state index is -0.312. The van der Waals surface area contributed by atoms with E-state index in [-0.39, 0.29) is 29.8 Å². The zero-order valence-corrected chi connectivity index (χ0v) is 15.7. The van der Waals surface area contributed by atoms with Gasteiger partial charge in [-0.25, -0.2) is 0 Å². The molecule has 1 aliphatic heterocycles. The summed E-state index contributed by atoms with van der Waals surface area (Å²) in [7, 11) is 1.62. The molecule has 7 heteroatoms. The van der Waals surface area contributed by atoms with Gasteiger partial charge in [-0.15, -0.1) is 11.8 Å². The van der Waals surface area contributed by atoms with E-state index in [1.807, 2.05) is 37.4 Å². The molecule has 0 saturated carbocycles. The monoisotopic (exact) mass is 363 g/mol. The van der Waals surface area contributed by atoms with Gasteiger partial charge in [0.2, 0.25) is 17.7 Å². The first-order valence-electron chi connectivity index (χ1n) is 8.31. The lowest BCUT2D eigenvalue weighted by atomic mass is 9.94. The Morgan fingerprint density at radius 1 is 1.36 bits per heavy atom. The van der Waals surface area contributed by atoms with Gasteiger partial charge in [0.05, 0.1) is 12.2 Å². The molecular formula is C18H25N3O3S. The molecule has 2 N–H and O–H groups in total. The Hall–Kier alpha value is -2.02. The summed E-state index contributed by atoms with van der Waals surface area (Å²) in [5, 5.41) is 5.77. The molecule has 0 unspecified atom stereocenters. The maximum Gasteiger partial charge on any atom is 0.244 e. The van der Waals surface area contributed by atoms with Gasteiger partial charge in [-0.3, -0.25) is 14.4 Å². The van der Waals surface area contributed by atoms with Crippen molar-refractivity contribution in [2.45, 2.75) is 43.0 Å². The maximum absolute atomic E-state index is 12.3. The minimum Gasteiger partial charge on any atom is -0.351 e. The second-order valence-electron chi connectivity index (χ2n) is 6.61. The van der Waals surface area contributed by atoms with Crippen molar-refractivity contribution in [2.24, 2.45) is 0 Å². The molecule has 0 radical (unpaired) electrons. The van der Waals surface area contributed by atoms with E-state index < -0.39 is 0 Å². The summed E-state index contributed by atoms with van der Waals surface area (Å²) in [6.45, 7) is 1.96. The number of para-hydroxylation sites is 1. The van der Waals surface area contributed by atoms with Crippen molar-refractivity contribution in [2.75, 3.05) is 25.2 Å². The Balaban J connectivity index is 1.82. The Morgan fingerprint density at radius 3 is 2.72 bits per heavy atom. The molecule has 1 aromatic rings. The smallest absolute Gasteiger partial charge is 0.244 e. The van der Waals surface area contributed by atoms with E-state index in [0.717, 1.165) is 17.0 Å². The quantitative estimate of drug-likeness (QED) is 0.729. The van der Waals surface area contributed by atoms with E-state index in [0.29, 0.717) is 19.3 Å². The normalized spacial score (nSPS) is 19.4. The van der Waals surface area contributed by atoms with Gasteiger partial charge in [0.1, 0.15) is 0 Å². The van der Waals surface area contributed by atoms with Crippen LogP contribution in [-0.2, 0) is 14.4 Å². The third-order valence-corrected chi connectivity index (χ3v) is 5.22. The number of hydrogen-bond donors (Lipinski definition) is 2. The number of hydrogen-bond acceptors (Lipinski definition) is 4. The van der Waals surface area contributed by atoms with Crippen molar-refractivity contribution in [1.29, 1.82) is 0 Å². The Kier molecular flexibility index (Phi) is 6.47. The van der Waals surface area contributed by atoms with Crippen LogP contribution < -0.4 is 10.6 Å². The summed E-state index contributed by atoms with van der Waals surface area (Å²) in [6, 6.07) is 7.56. The van der Waals surface area contributed by atoms with Crippen molar-refractivity contribution in [3.8, 4) is 0 Å². The van der Waals surface area contributed by atoms with Gasteiger partial charge in [-0.2, -0.15) is 0 Å². The summed E-state index contributed by atoms with van der Waals surface area (Å²) in [5.74, 6) is -0.288. The molecule has 136 valence electrons. The fraction of sp³-hybridized carbons (Fsp3) is 0.500. The fourth-order valence-electron chi connectivity index (χ4n) is 2.85. The summed E-state index contributed by atoms with van der Waals surface area (Å²) in [6.07, 6.45) is 4.09.